The van der Waals surface area contributed by atoms with Gasteiger partial charge in [0.1, 0.15) is 0 Å². The van der Waals surface area contributed by atoms with E-state index in [-0.39, 0.29) is 0 Å². The molecule has 1 saturated heterocycles. The summed E-state index contributed by atoms with van der Waals surface area (Å²) >= 11 is 0. The Balaban J connectivity index is 0.000000222. The summed E-state index contributed by atoms with van der Waals surface area (Å²) in [6.45, 7) is 12.1. The first kappa shape index (κ1) is 7.70. The Bertz CT molecular complexity index is 45.6. The van der Waals surface area contributed by atoms with E-state index >= 15 is 0 Å². The van der Waals surface area contributed by atoms with Crippen LogP contribution in [0.25, 0.3) is 0 Å². The van der Waals surface area contributed by atoms with Crippen molar-refractivity contribution < 1.29 is 0 Å². The van der Waals surface area contributed by atoms with Crippen LogP contribution in [-0.2, 0) is 0 Å². The van der Waals surface area contributed by atoms with Crippen LogP contribution in [0.4, 0.5) is 0 Å². The summed E-state index contributed by atoms with van der Waals surface area (Å²) in [5, 5.41) is 0. The topological polar surface area (TPSA) is 3.24 Å². The van der Waals surface area contributed by atoms with Gasteiger partial charge in [0.05, 0.1) is 0 Å². The molecular formula is C7H15N. The average molecular weight is 113 g/mol. The largest absolute Gasteiger partial charge is 0.304 e. The minimum absolute atomic E-state index is 1.25. The smallest absolute Gasteiger partial charge is 0.000665 e. The van der Waals surface area contributed by atoms with Crippen LogP contribution < -0.4 is 0 Å². The monoisotopic (exact) mass is 113 g/mol. The maximum atomic E-state index is 3.00. The van der Waals surface area contributed by atoms with Gasteiger partial charge in [-0.1, -0.05) is 6.92 Å². The summed E-state index contributed by atoms with van der Waals surface area (Å²) in [7, 11) is 0. The van der Waals surface area contributed by atoms with E-state index < -0.39 is 0 Å². The van der Waals surface area contributed by atoms with Gasteiger partial charge in [-0.05, 0) is 26.1 Å². The molecule has 48 valence electrons. The molecule has 0 atom stereocenters. The van der Waals surface area contributed by atoms with Crippen LogP contribution in [0.3, 0.4) is 0 Å². The molecule has 8 heavy (non-hydrogen) atoms. The number of nitrogens with zero attached hydrogens (tertiary/aromatic N) is 1. The highest BCUT2D eigenvalue weighted by molar-refractivity contribution is 4.64. The molecule has 1 fully saturated rings. The molecule has 1 heterocycles. The van der Waals surface area contributed by atoms with E-state index in [1.54, 1.807) is 0 Å². The van der Waals surface area contributed by atoms with Crippen molar-refractivity contribution in [3.8, 4) is 0 Å². The van der Waals surface area contributed by atoms with Crippen molar-refractivity contribution in [3.63, 3.8) is 0 Å². The summed E-state index contributed by atoms with van der Waals surface area (Å²) in [5.74, 6) is 0. The lowest BCUT2D eigenvalue weighted by Gasteiger charge is -2.28. The van der Waals surface area contributed by atoms with Crippen LogP contribution in [0.15, 0.2) is 13.2 Å². The Kier molecular flexibility index (Phi) is 4.67. The summed E-state index contributed by atoms with van der Waals surface area (Å²) in [6, 6.07) is 0. The van der Waals surface area contributed by atoms with Gasteiger partial charge >= 0.3 is 0 Å². The number of rotatable bonds is 1. The van der Waals surface area contributed by atoms with Crippen molar-refractivity contribution >= 4 is 0 Å². The number of hydrogen-bond acceptors (Lipinski definition) is 1. The molecule has 1 heteroatoms. The van der Waals surface area contributed by atoms with Gasteiger partial charge in [-0.3, -0.25) is 0 Å². The van der Waals surface area contributed by atoms with E-state index in [1.165, 1.54) is 26.1 Å². The van der Waals surface area contributed by atoms with Gasteiger partial charge in [-0.2, -0.15) is 0 Å². The van der Waals surface area contributed by atoms with E-state index in [1.807, 2.05) is 0 Å². The summed E-state index contributed by atoms with van der Waals surface area (Å²) in [4.78, 5) is 2.43. The van der Waals surface area contributed by atoms with Crippen molar-refractivity contribution in [2.24, 2.45) is 0 Å². The Labute approximate surface area is 52.0 Å². The van der Waals surface area contributed by atoms with Crippen molar-refractivity contribution in [2.75, 3.05) is 19.6 Å². The van der Waals surface area contributed by atoms with Gasteiger partial charge in [0.15, 0.2) is 0 Å². The molecule has 1 rings (SSSR count). The molecule has 0 amide bonds. The Hall–Kier alpha value is -0.300. The van der Waals surface area contributed by atoms with Crippen LogP contribution in [-0.4, -0.2) is 24.5 Å². The standard InChI is InChI=1S/C5H11N.C2H4/c1-2-6-4-3-5-6;1-2/h2-5H2,1H3;1-2H2. The zero-order valence-electron chi connectivity index (χ0n) is 5.69. The fourth-order valence-corrected chi connectivity index (χ4v) is 0.698. The van der Waals surface area contributed by atoms with Crippen molar-refractivity contribution in [1.29, 1.82) is 0 Å². The van der Waals surface area contributed by atoms with Gasteiger partial charge < -0.3 is 4.90 Å². The fourth-order valence-electron chi connectivity index (χ4n) is 0.698. The quantitative estimate of drug-likeness (QED) is 0.466. The molecule has 0 spiro atoms. The van der Waals surface area contributed by atoms with Gasteiger partial charge in [0.25, 0.3) is 0 Å². The second-order valence-electron chi connectivity index (χ2n) is 1.79. The SMILES string of the molecule is C=C.CCN1CCC1. The van der Waals surface area contributed by atoms with Crippen LogP contribution in [0.1, 0.15) is 13.3 Å². The van der Waals surface area contributed by atoms with Crippen molar-refractivity contribution in [2.45, 2.75) is 13.3 Å². The molecule has 0 unspecified atom stereocenters. The molecule has 1 aliphatic rings. The van der Waals surface area contributed by atoms with E-state index in [9.17, 15) is 0 Å². The lowest BCUT2D eigenvalue weighted by atomic mass is 10.2. The van der Waals surface area contributed by atoms with Gasteiger partial charge in [0, 0.05) is 0 Å². The maximum absolute atomic E-state index is 3.00. The molecule has 0 aliphatic carbocycles. The van der Waals surface area contributed by atoms with E-state index in [4.69, 9.17) is 0 Å². The van der Waals surface area contributed by atoms with E-state index in [2.05, 4.69) is 25.0 Å². The molecule has 0 saturated carbocycles. The summed E-state index contributed by atoms with van der Waals surface area (Å²) in [5.41, 5.74) is 0. The first-order valence-electron chi connectivity index (χ1n) is 3.16. The van der Waals surface area contributed by atoms with Gasteiger partial charge in [0.2, 0.25) is 0 Å². The lowest BCUT2D eigenvalue weighted by Crippen LogP contribution is -2.36. The third kappa shape index (κ3) is 2.12. The molecule has 1 nitrogen and oxygen atoms in total. The summed E-state index contributed by atoms with van der Waals surface area (Å²) in [6.07, 6.45) is 1.42. The average Bonchev–Trinajstić information content (AvgIpc) is 1.69. The summed E-state index contributed by atoms with van der Waals surface area (Å²) < 4.78 is 0. The third-order valence-corrected chi connectivity index (χ3v) is 1.40. The molecule has 0 aromatic heterocycles. The Morgan fingerprint density at radius 3 is 1.88 bits per heavy atom. The van der Waals surface area contributed by atoms with Crippen LogP contribution >= 0.6 is 0 Å². The Morgan fingerprint density at radius 1 is 1.38 bits per heavy atom. The molecule has 0 aromatic rings. The molecule has 0 aromatic carbocycles. The first-order chi connectivity index (χ1) is 3.93. The predicted octanol–water partition coefficient (Wildman–Crippen LogP) is 1.51. The zero-order valence-corrected chi connectivity index (χ0v) is 5.69. The molecule has 0 N–H and O–H groups in total. The third-order valence-electron chi connectivity index (χ3n) is 1.40. The molecule has 0 radical (unpaired) electrons. The van der Waals surface area contributed by atoms with Crippen molar-refractivity contribution in [1.82, 2.24) is 4.90 Å². The maximum Gasteiger partial charge on any atom is -0.000665 e. The first-order valence-corrected chi connectivity index (χ1v) is 3.16. The number of likely N-dealkylation sites (tertiary alicyclic amines) is 1. The molecule has 0 bridgehead atoms. The van der Waals surface area contributed by atoms with Crippen LogP contribution in [0.2, 0.25) is 0 Å². The highest BCUT2D eigenvalue weighted by atomic mass is 15.2. The highest BCUT2D eigenvalue weighted by Crippen LogP contribution is 2.02. The zero-order chi connectivity index (χ0) is 6.41. The van der Waals surface area contributed by atoms with Gasteiger partial charge in [-0.25, -0.2) is 0 Å². The predicted molar refractivity (Wildman–Crippen MR) is 38.0 cm³/mol. The Morgan fingerprint density at radius 2 is 1.88 bits per heavy atom. The lowest BCUT2D eigenvalue weighted by molar-refractivity contribution is 0.192. The second-order valence-corrected chi connectivity index (χ2v) is 1.79. The molecular weight excluding hydrogens is 98.1 g/mol. The number of hydrogen-bond donors (Lipinski definition) is 0. The minimum Gasteiger partial charge on any atom is -0.304 e. The normalized spacial score (nSPS) is 18.1. The minimum atomic E-state index is 1.25. The second kappa shape index (κ2) is 4.85. The van der Waals surface area contributed by atoms with Crippen molar-refractivity contribution in [3.05, 3.63) is 13.2 Å². The van der Waals surface area contributed by atoms with Crippen LogP contribution in [0.5, 0.6) is 0 Å². The van der Waals surface area contributed by atoms with E-state index in [0.29, 0.717) is 0 Å². The fraction of sp³-hybridized carbons (Fsp3) is 0.714. The molecule has 1 aliphatic heterocycles. The van der Waals surface area contributed by atoms with E-state index in [0.717, 1.165) is 0 Å². The van der Waals surface area contributed by atoms with Gasteiger partial charge in [-0.15, -0.1) is 13.2 Å². The highest BCUT2D eigenvalue weighted by Gasteiger charge is 2.08. The van der Waals surface area contributed by atoms with Crippen LogP contribution in [0, 0.1) is 0 Å².